The summed E-state index contributed by atoms with van der Waals surface area (Å²) in [5, 5.41) is 3.12. The fraction of sp³-hybridized carbons (Fsp3) is 0.800. The summed E-state index contributed by atoms with van der Waals surface area (Å²) in [5.74, 6) is 0.456. The monoisotopic (exact) mass is 504 g/mol. The summed E-state index contributed by atoms with van der Waals surface area (Å²) in [5.41, 5.74) is 3.21. The minimum Gasteiger partial charge on any atom is -0.461 e. The number of aryl methyl sites for hydroxylation is 1. The molecule has 1 N–H and O–H groups in total. The zero-order chi connectivity index (χ0) is 26.4. The van der Waals surface area contributed by atoms with E-state index in [0.717, 1.165) is 54.0 Å². The maximum absolute atomic E-state index is 12.2. The van der Waals surface area contributed by atoms with Gasteiger partial charge in [0.25, 0.3) is 0 Å². The van der Waals surface area contributed by atoms with Gasteiger partial charge in [0.1, 0.15) is 12.3 Å². The second-order valence-electron chi connectivity index (χ2n) is 11.8. The lowest BCUT2D eigenvalue weighted by Crippen LogP contribution is -2.42. The molecule has 1 amide bonds. The summed E-state index contributed by atoms with van der Waals surface area (Å²) < 4.78 is 12.8. The summed E-state index contributed by atoms with van der Waals surface area (Å²) in [4.78, 5) is 16.8. The van der Waals surface area contributed by atoms with Gasteiger partial charge in [-0.05, 0) is 13.3 Å². The molecule has 1 aliphatic rings. The Morgan fingerprint density at radius 3 is 2.25 bits per heavy atom. The molecule has 2 rings (SSSR count). The van der Waals surface area contributed by atoms with Crippen LogP contribution in [0.25, 0.3) is 0 Å². The third-order valence-electron chi connectivity index (χ3n) is 7.18. The van der Waals surface area contributed by atoms with Crippen molar-refractivity contribution in [2.24, 2.45) is 0 Å². The molecular formula is C30H54N3O3+. The Morgan fingerprint density at radius 2 is 1.61 bits per heavy atom. The first kappa shape index (κ1) is 30.6. The number of carbonyl (C=O) groups is 1. The number of aromatic nitrogens is 1. The highest BCUT2D eigenvalue weighted by Crippen LogP contribution is 2.35. The predicted octanol–water partition coefficient (Wildman–Crippen LogP) is 6.82. The van der Waals surface area contributed by atoms with Crippen molar-refractivity contribution >= 4 is 5.91 Å². The third kappa shape index (κ3) is 11.6. The molecule has 0 atom stereocenters. The molecule has 6 heteroatoms. The largest absolute Gasteiger partial charge is 0.461 e. The molecule has 0 fully saturated rings. The van der Waals surface area contributed by atoms with E-state index in [-0.39, 0.29) is 5.91 Å². The lowest BCUT2D eigenvalue weighted by molar-refractivity contribution is -0.903. The van der Waals surface area contributed by atoms with E-state index in [1.165, 1.54) is 69.8 Å². The fourth-order valence-corrected chi connectivity index (χ4v) is 4.94. The number of carbonyl (C=O) groups excluding carboxylic acids is 1. The molecule has 206 valence electrons. The van der Waals surface area contributed by atoms with Crippen molar-refractivity contribution in [3.8, 4) is 5.75 Å². The Bertz CT molecular complexity index is 792. The second kappa shape index (κ2) is 15.6. The highest BCUT2D eigenvalue weighted by Gasteiger charge is 2.32. The number of hydrogen-bond acceptors (Lipinski definition) is 4. The van der Waals surface area contributed by atoms with Crippen LogP contribution in [0.4, 0.5) is 0 Å². The van der Waals surface area contributed by atoms with Crippen LogP contribution in [-0.4, -0.2) is 48.3 Å². The number of unbranched alkanes of at least 4 members (excludes halogenated alkanes) is 10. The number of nitrogens with zero attached hydrogens (tertiary/aromatic N) is 2. The van der Waals surface area contributed by atoms with Crippen molar-refractivity contribution in [3.05, 3.63) is 23.0 Å². The van der Waals surface area contributed by atoms with Gasteiger partial charge in [-0.3, -0.25) is 9.78 Å². The molecule has 1 aromatic heterocycles. The molecular weight excluding hydrogens is 450 g/mol. The van der Waals surface area contributed by atoms with Gasteiger partial charge in [-0.25, -0.2) is 0 Å². The first-order valence-corrected chi connectivity index (χ1v) is 14.5. The van der Waals surface area contributed by atoms with Gasteiger partial charge < -0.3 is 19.3 Å². The molecule has 1 aromatic rings. The number of quaternary nitrogens is 1. The van der Waals surface area contributed by atoms with Crippen molar-refractivity contribution in [2.75, 3.05) is 27.2 Å². The van der Waals surface area contributed by atoms with E-state index in [9.17, 15) is 4.79 Å². The van der Waals surface area contributed by atoms with Crippen molar-refractivity contribution in [1.82, 2.24) is 10.3 Å². The van der Waals surface area contributed by atoms with Crippen LogP contribution in [0.5, 0.6) is 5.75 Å². The van der Waals surface area contributed by atoms with Crippen LogP contribution < -0.4 is 10.1 Å². The molecule has 6 nitrogen and oxygen atoms in total. The lowest BCUT2D eigenvalue weighted by Gasteiger charge is -2.36. The number of hydrogen-bond donors (Lipinski definition) is 1. The summed E-state index contributed by atoms with van der Waals surface area (Å²) >= 11 is 0. The van der Waals surface area contributed by atoms with Crippen LogP contribution in [0.2, 0.25) is 0 Å². The molecule has 0 aromatic carbocycles. The first-order chi connectivity index (χ1) is 17.1. The van der Waals surface area contributed by atoms with Crippen molar-refractivity contribution in [3.63, 3.8) is 0 Å². The Labute approximate surface area is 221 Å². The summed E-state index contributed by atoms with van der Waals surface area (Å²) in [6, 6.07) is 0. The highest BCUT2D eigenvalue weighted by molar-refractivity contribution is 5.75. The van der Waals surface area contributed by atoms with E-state index in [1.54, 1.807) is 0 Å². The van der Waals surface area contributed by atoms with Gasteiger partial charge in [-0.2, -0.15) is 0 Å². The van der Waals surface area contributed by atoms with E-state index >= 15 is 0 Å². The minimum atomic E-state index is -0.617. The maximum Gasteiger partial charge on any atom is 0.219 e. The number of amides is 1. The molecule has 1 aliphatic heterocycles. The van der Waals surface area contributed by atoms with Gasteiger partial charge in [0.15, 0.2) is 0 Å². The molecule has 36 heavy (non-hydrogen) atoms. The van der Waals surface area contributed by atoms with Gasteiger partial charge in [0, 0.05) is 50.6 Å². The molecule has 0 aliphatic carbocycles. The zero-order valence-electron chi connectivity index (χ0n) is 24.2. The van der Waals surface area contributed by atoms with Crippen LogP contribution in [0.3, 0.4) is 0 Å². The van der Waals surface area contributed by atoms with E-state index < -0.39 is 5.79 Å². The molecule has 0 radical (unpaired) electrons. The molecule has 0 saturated heterocycles. The average Bonchev–Trinajstić information content (AvgIpc) is 2.81. The quantitative estimate of drug-likeness (QED) is 0.176. The molecule has 0 saturated carbocycles. The van der Waals surface area contributed by atoms with Crippen LogP contribution in [0, 0.1) is 6.92 Å². The van der Waals surface area contributed by atoms with Crippen molar-refractivity contribution in [2.45, 2.75) is 130 Å². The summed E-state index contributed by atoms with van der Waals surface area (Å²) in [6.45, 7) is 11.3. The van der Waals surface area contributed by atoms with Gasteiger partial charge in [0.05, 0.1) is 32.9 Å². The standard InChI is InChI=1S/C30H53N3O3/c1-7-8-9-10-11-12-13-14-15-16-17-19-28(34)31-20-18-21-33(5,6)23-26-22-32-25(2)29-27(26)24-35-30(3,4)36-29/h22H,7-21,23-24H2,1-6H3/p+1. The van der Waals surface area contributed by atoms with Gasteiger partial charge >= 0.3 is 0 Å². The summed E-state index contributed by atoms with van der Waals surface area (Å²) in [7, 11) is 4.46. The normalized spacial score (nSPS) is 14.8. The van der Waals surface area contributed by atoms with Gasteiger partial charge in [0.2, 0.25) is 11.7 Å². The van der Waals surface area contributed by atoms with Crippen LogP contribution in [-0.2, 0) is 22.7 Å². The first-order valence-electron chi connectivity index (χ1n) is 14.5. The number of pyridine rings is 1. The lowest BCUT2D eigenvalue weighted by atomic mass is 10.1. The van der Waals surface area contributed by atoms with Gasteiger partial charge in [-0.15, -0.1) is 0 Å². The topological polar surface area (TPSA) is 60.5 Å². The predicted molar refractivity (Wildman–Crippen MR) is 148 cm³/mol. The average molecular weight is 505 g/mol. The Hall–Kier alpha value is -1.66. The Kier molecular flexibility index (Phi) is 13.2. The second-order valence-corrected chi connectivity index (χ2v) is 11.8. The van der Waals surface area contributed by atoms with E-state index in [1.807, 2.05) is 27.0 Å². The Morgan fingerprint density at radius 1 is 1.00 bits per heavy atom. The van der Waals surface area contributed by atoms with Gasteiger partial charge in [-0.1, -0.05) is 71.1 Å². The SMILES string of the molecule is CCCCCCCCCCCCCC(=O)NCCC[N+](C)(C)Cc1cnc(C)c2c1COC(C)(C)O2. The summed E-state index contributed by atoms with van der Waals surface area (Å²) in [6.07, 6.45) is 18.0. The fourth-order valence-electron chi connectivity index (χ4n) is 4.94. The molecule has 2 heterocycles. The van der Waals surface area contributed by atoms with Crippen LogP contribution in [0.1, 0.15) is 121 Å². The number of rotatable bonds is 18. The number of ether oxygens (including phenoxy) is 2. The van der Waals surface area contributed by atoms with Crippen LogP contribution >= 0.6 is 0 Å². The van der Waals surface area contributed by atoms with Crippen molar-refractivity contribution < 1.29 is 18.8 Å². The van der Waals surface area contributed by atoms with Crippen LogP contribution in [0.15, 0.2) is 6.20 Å². The van der Waals surface area contributed by atoms with E-state index in [4.69, 9.17) is 9.47 Å². The van der Waals surface area contributed by atoms with E-state index in [0.29, 0.717) is 13.0 Å². The Balaban J connectivity index is 1.58. The highest BCUT2D eigenvalue weighted by atomic mass is 16.7. The molecule has 0 spiro atoms. The zero-order valence-corrected chi connectivity index (χ0v) is 24.2. The minimum absolute atomic E-state index is 0.199. The maximum atomic E-state index is 12.2. The molecule has 0 unspecified atom stereocenters. The number of fused-ring (bicyclic) bond motifs is 1. The third-order valence-corrected chi connectivity index (χ3v) is 7.18. The van der Waals surface area contributed by atoms with E-state index in [2.05, 4.69) is 31.3 Å². The number of nitrogens with one attached hydrogen (secondary N) is 1. The van der Waals surface area contributed by atoms with Crippen molar-refractivity contribution in [1.29, 1.82) is 0 Å². The smallest absolute Gasteiger partial charge is 0.219 e. The molecule has 0 bridgehead atoms.